The molecule has 0 saturated carbocycles. The molecule has 0 atom stereocenters. The molecule has 0 fully saturated rings. The average molecular weight is 473 g/mol. The van der Waals surface area contributed by atoms with Crippen LogP contribution in [0.2, 0.25) is 0 Å². The summed E-state index contributed by atoms with van der Waals surface area (Å²) in [4.78, 5) is 0. The minimum Gasteiger partial charge on any atom is -0.487 e. The van der Waals surface area contributed by atoms with Crippen molar-refractivity contribution in [2.45, 2.75) is 13.8 Å². The maximum absolute atomic E-state index is 5.90. The van der Waals surface area contributed by atoms with Crippen LogP contribution < -0.4 is 30.6 Å². The molecule has 0 aliphatic carbocycles. The lowest BCUT2D eigenvalue weighted by molar-refractivity contribution is 0.0640. The van der Waals surface area contributed by atoms with Crippen molar-refractivity contribution < 1.29 is 28.4 Å². The maximum Gasteiger partial charge on any atom is 0.161 e. The Balaban J connectivity index is 1.66. The van der Waals surface area contributed by atoms with E-state index in [4.69, 9.17) is 40.1 Å². The fourth-order valence-electron chi connectivity index (χ4n) is 3.13. The summed E-state index contributed by atoms with van der Waals surface area (Å²) in [7, 11) is 0. The van der Waals surface area contributed by atoms with Gasteiger partial charge in [-0.2, -0.15) is 10.2 Å². The fourth-order valence-corrected chi connectivity index (χ4v) is 3.13. The first-order chi connectivity index (χ1) is 16.6. The van der Waals surface area contributed by atoms with Crippen molar-refractivity contribution in [2.75, 3.05) is 52.9 Å². The number of benzene rings is 2. The molecule has 0 aromatic heterocycles. The summed E-state index contributed by atoms with van der Waals surface area (Å²) in [5.74, 6) is 13.2. The Morgan fingerprint density at radius 3 is 1.26 bits per heavy atom. The van der Waals surface area contributed by atoms with E-state index >= 15 is 0 Å². The van der Waals surface area contributed by atoms with E-state index in [1.807, 2.05) is 50.2 Å². The van der Waals surface area contributed by atoms with Crippen molar-refractivity contribution in [3.05, 3.63) is 47.5 Å². The predicted octanol–water partition coefficient (Wildman–Crippen LogP) is 2.31. The van der Waals surface area contributed by atoms with E-state index in [9.17, 15) is 0 Å². The summed E-state index contributed by atoms with van der Waals surface area (Å²) < 4.78 is 34.8. The molecule has 0 unspecified atom stereocenters. The lowest BCUT2D eigenvalue weighted by Crippen LogP contribution is -2.16. The Morgan fingerprint density at radius 2 is 0.912 bits per heavy atom. The molecular formula is C24H32N4O6. The molecule has 2 aromatic rings. The minimum atomic E-state index is 0.343. The molecule has 0 spiro atoms. The topological polar surface area (TPSA) is 132 Å². The second-order valence-corrected chi connectivity index (χ2v) is 7.37. The van der Waals surface area contributed by atoms with Gasteiger partial charge in [0.1, 0.15) is 26.4 Å². The summed E-state index contributed by atoms with van der Waals surface area (Å²) in [6.45, 7) is 6.59. The zero-order chi connectivity index (χ0) is 24.2. The molecule has 1 aliphatic rings. The molecule has 10 heteroatoms. The predicted molar refractivity (Wildman–Crippen MR) is 129 cm³/mol. The third-order valence-corrected chi connectivity index (χ3v) is 5.05. The van der Waals surface area contributed by atoms with E-state index in [-0.39, 0.29) is 0 Å². The molecular weight excluding hydrogens is 440 g/mol. The quantitative estimate of drug-likeness (QED) is 0.387. The van der Waals surface area contributed by atoms with Gasteiger partial charge >= 0.3 is 0 Å². The van der Waals surface area contributed by atoms with E-state index < -0.39 is 0 Å². The number of rotatable bonds is 2. The molecule has 34 heavy (non-hydrogen) atoms. The van der Waals surface area contributed by atoms with E-state index in [0.717, 1.165) is 11.1 Å². The van der Waals surface area contributed by atoms with Gasteiger partial charge in [-0.3, -0.25) is 0 Å². The van der Waals surface area contributed by atoms with Crippen LogP contribution in [0, 0.1) is 0 Å². The van der Waals surface area contributed by atoms with Crippen LogP contribution in [-0.2, 0) is 9.47 Å². The normalized spacial score (nSPS) is 16.9. The van der Waals surface area contributed by atoms with E-state index in [2.05, 4.69) is 10.2 Å². The largest absolute Gasteiger partial charge is 0.487 e. The summed E-state index contributed by atoms with van der Waals surface area (Å²) in [5, 5.41) is 7.48. The van der Waals surface area contributed by atoms with Crippen LogP contribution in [0.15, 0.2) is 46.6 Å². The Bertz CT molecular complexity index is 916. The van der Waals surface area contributed by atoms with Crippen LogP contribution in [0.3, 0.4) is 0 Å². The number of hydrogen-bond acceptors (Lipinski definition) is 10. The molecule has 3 rings (SSSR count). The third kappa shape index (κ3) is 7.26. The highest BCUT2D eigenvalue weighted by Gasteiger charge is 2.11. The van der Waals surface area contributed by atoms with Gasteiger partial charge in [-0.25, -0.2) is 0 Å². The molecule has 184 valence electrons. The Hall–Kier alpha value is -3.50. The second-order valence-electron chi connectivity index (χ2n) is 7.37. The SMILES string of the molecule is C/C(=N/N)c1ccc2c(c1)OCCOCCOc1ccc(/C(C)=N\N)cc1OCCOCCO2. The van der Waals surface area contributed by atoms with Crippen molar-refractivity contribution in [3.63, 3.8) is 0 Å². The fraction of sp³-hybridized carbons (Fsp3) is 0.417. The van der Waals surface area contributed by atoms with Crippen molar-refractivity contribution in [2.24, 2.45) is 21.9 Å². The van der Waals surface area contributed by atoms with Gasteiger partial charge in [-0.1, -0.05) is 0 Å². The van der Waals surface area contributed by atoms with Crippen LogP contribution in [-0.4, -0.2) is 64.3 Å². The molecule has 4 N–H and O–H groups in total. The first kappa shape index (κ1) is 25.1. The lowest BCUT2D eigenvalue weighted by atomic mass is 10.1. The average Bonchev–Trinajstić information content (AvgIpc) is 2.87. The molecule has 0 radical (unpaired) electrons. The molecule has 2 aromatic carbocycles. The summed E-state index contributed by atoms with van der Waals surface area (Å²) >= 11 is 0. The Morgan fingerprint density at radius 1 is 0.559 bits per heavy atom. The third-order valence-electron chi connectivity index (χ3n) is 5.05. The van der Waals surface area contributed by atoms with Gasteiger partial charge in [0.15, 0.2) is 23.0 Å². The number of hydrogen-bond donors (Lipinski definition) is 2. The molecule has 0 bridgehead atoms. The zero-order valence-electron chi connectivity index (χ0n) is 19.6. The van der Waals surface area contributed by atoms with Gasteiger partial charge in [0.25, 0.3) is 0 Å². The van der Waals surface area contributed by atoms with Crippen LogP contribution in [0.4, 0.5) is 0 Å². The number of nitrogens with two attached hydrogens (primary N) is 2. The summed E-state index contributed by atoms with van der Waals surface area (Å²) in [6.07, 6.45) is 0. The van der Waals surface area contributed by atoms with Crippen LogP contribution in [0.25, 0.3) is 0 Å². The monoisotopic (exact) mass is 472 g/mol. The molecule has 0 amide bonds. The van der Waals surface area contributed by atoms with Gasteiger partial charge < -0.3 is 40.1 Å². The van der Waals surface area contributed by atoms with Gasteiger partial charge in [-0.05, 0) is 50.2 Å². The first-order valence-electron chi connectivity index (χ1n) is 11.1. The molecule has 1 aliphatic heterocycles. The van der Waals surface area contributed by atoms with E-state index in [0.29, 0.717) is 87.3 Å². The highest BCUT2D eigenvalue weighted by atomic mass is 16.6. The van der Waals surface area contributed by atoms with E-state index in [1.165, 1.54) is 0 Å². The zero-order valence-corrected chi connectivity index (χ0v) is 19.6. The molecule has 10 nitrogen and oxygen atoms in total. The van der Waals surface area contributed by atoms with Crippen molar-refractivity contribution in [1.82, 2.24) is 0 Å². The molecule has 1 heterocycles. The van der Waals surface area contributed by atoms with Crippen molar-refractivity contribution in [1.29, 1.82) is 0 Å². The minimum absolute atomic E-state index is 0.343. The Labute approximate surface area is 199 Å². The number of fused-ring (bicyclic) bond motifs is 2. The van der Waals surface area contributed by atoms with Crippen LogP contribution in [0.5, 0.6) is 23.0 Å². The summed E-state index contributed by atoms with van der Waals surface area (Å²) in [6, 6.07) is 11.1. The van der Waals surface area contributed by atoms with E-state index in [1.54, 1.807) is 0 Å². The van der Waals surface area contributed by atoms with Gasteiger partial charge in [0.2, 0.25) is 0 Å². The van der Waals surface area contributed by atoms with Crippen LogP contribution in [0.1, 0.15) is 25.0 Å². The lowest BCUT2D eigenvalue weighted by Gasteiger charge is -2.16. The standard InChI is InChI=1S/C24H32N4O6/c1-17(27-25)19-3-5-21-23(15-19)33-13-9-29-8-12-32-22-6-4-20(18(2)28-26)16-24(22)34-14-10-30-7-11-31-21/h3-6,15-16H,7-14,25-26H2,1-2H3/b27-17-,28-18-. The Kier molecular flexibility index (Phi) is 9.80. The van der Waals surface area contributed by atoms with Gasteiger partial charge in [0, 0.05) is 11.1 Å². The number of nitrogens with zero attached hydrogens (tertiary/aromatic N) is 2. The molecule has 0 saturated heterocycles. The van der Waals surface area contributed by atoms with Gasteiger partial charge in [-0.15, -0.1) is 0 Å². The summed E-state index contributed by atoms with van der Waals surface area (Å²) in [5.41, 5.74) is 3.09. The second kappa shape index (κ2) is 13.3. The highest BCUT2D eigenvalue weighted by molar-refractivity contribution is 5.99. The highest BCUT2D eigenvalue weighted by Crippen LogP contribution is 2.30. The van der Waals surface area contributed by atoms with Crippen molar-refractivity contribution >= 4 is 11.4 Å². The number of hydrazone groups is 2. The van der Waals surface area contributed by atoms with Crippen LogP contribution >= 0.6 is 0 Å². The smallest absolute Gasteiger partial charge is 0.161 e. The maximum atomic E-state index is 5.90. The number of ether oxygens (including phenoxy) is 6. The van der Waals surface area contributed by atoms with Crippen molar-refractivity contribution in [3.8, 4) is 23.0 Å². The van der Waals surface area contributed by atoms with Gasteiger partial charge in [0.05, 0.1) is 37.9 Å². The first-order valence-corrected chi connectivity index (χ1v) is 11.1.